The number of aromatic nitrogens is 3. The number of imidazole rings is 1. The summed E-state index contributed by atoms with van der Waals surface area (Å²) in [5.41, 5.74) is 2.57. The van der Waals surface area contributed by atoms with E-state index in [4.69, 9.17) is 16.3 Å². The zero-order valence-corrected chi connectivity index (χ0v) is 14.1. The van der Waals surface area contributed by atoms with Gasteiger partial charge in [0.2, 0.25) is 0 Å². The van der Waals surface area contributed by atoms with Gasteiger partial charge >= 0.3 is 0 Å². The third kappa shape index (κ3) is 3.08. The van der Waals surface area contributed by atoms with Crippen LogP contribution in [0.4, 0.5) is 5.82 Å². The highest BCUT2D eigenvalue weighted by Gasteiger charge is 2.52. The monoisotopic (exact) mass is 332 g/mol. The van der Waals surface area contributed by atoms with Crippen molar-refractivity contribution in [3.05, 3.63) is 41.1 Å². The Balaban J connectivity index is 1.41. The largest absolute Gasteiger partial charge is 0.375 e. The molecule has 0 amide bonds. The summed E-state index contributed by atoms with van der Waals surface area (Å²) in [6.45, 7) is 6.17. The summed E-state index contributed by atoms with van der Waals surface area (Å²) < 4.78 is 7.38. The van der Waals surface area contributed by atoms with Crippen molar-refractivity contribution in [2.24, 2.45) is 5.41 Å². The van der Waals surface area contributed by atoms with Gasteiger partial charge in [0.05, 0.1) is 25.2 Å². The van der Waals surface area contributed by atoms with Crippen LogP contribution in [0, 0.1) is 5.41 Å². The van der Waals surface area contributed by atoms with E-state index in [2.05, 4.69) is 27.0 Å². The molecule has 0 N–H and O–H groups in total. The van der Waals surface area contributed by atoms with E-state index in [0.29, 0.717) is 30.3 Å². The van der Waals surface area contributed by atoms with Gasteiger partial charge in [-0.05, 0) is 25.8 Å². The minimum absolute atomic E-state index is 0.547. The number of rotatable bonds is 6. The van der Waals surface area contributed by atoms with E-state index in [1.807, 2.05) is 24.0 Å². The first kappa shape index (κ1) is 15.0. The second-order valence-corrected chi connectivity index (χ2v) is 7.01. The van der Waals surface area contributed by atoms with E-state index >= 15 is 0 Å². The minimum Gasteiger partial charge on any atom is -0.375 e. The first-order valence-corrected chi connectivity index (χ1v) is 8.54. The van der Waals surface area contributed by atoms with Gasteiger partial charge in [0.15, 0.2) is 0 Å². The molecule has 0 bridgehead atoms. The molecule has 6 heteroatoms. The molecule has 1 saturated heterocycles. The standard InChI is InChI=1S/C17H21ClN4O/c1-2-23-9-14-8-21(12-19-14)7-13-3-4-15(20-16(13)18)22-10-17(11-22)5-6-17/h3-4,8,12H,2,5-7,9-11H2,1H3. The lowest BCUT2D eigenvalue weighted by Crippen LogP contribution is -2.48. The molecule has 0 aromatic carbocycles. The number of nitrogens with zero attached hydrogens (tertiary/aromatic N) is 4. The van der Waals surface area contributed by atoms with Gasteiger partial charge in [0.1, 0.15) is 11.0 Å². The second kappa shape index (κ2) is 5.80. The van der Waals surface area contributed by atoms with Gasteiger partial charge in [-0.15, -0.1) is 0 Å². The van der Waals surface area contributed by atoms with E-state index in [-0.39, 0.29) is 0 Å². The normalized spacial score (nSPS) is 18.3. The van der Waals surface area contributed by atoms with Crippen molar-refractivity contribution in [3.63, 3.8) is 0 Å². The minimum atomic E-state index is 0.547. The fraction of sp³-hybridized carbons (Fsp3) is 0.529. The van der Waals surface area contributed by atoms with Crippen LogP contribution in [0.2, 0.25) is 5.15 Å². The molecule has 2 aromatic rings. The van der Waals surface area contributed by atoms with Crippen LogP contribution in [0.5, 0.6) is 0 Å². The third-order valence-electron chi connectivity index (χ3n) is 4.74. The fourth-order valence-electron chi connectivity index (χ4n) is 3.14. The van der Waals surface area contributed by atoms with Gasteiger partial charge < -0.3 is 14.2 Å². The molecule has 2 aliphatic rings. The maximum atomic E-state index is 6.39. The van der Waals surface area contributed by atoms with Crippen LogP contribution in [-0.4, -0.2) is 34.2 Å². The van der Waals surface area contributed by atoms with Gasteiger partial charge in [-0.2, -0.15) is 0 Å². The number of ether oxygens (including phenoxy) is 1. The summed E-state index contributed by atoms with van der Waals surface area (Å²) in [6, 6.07) is 4.15. The SMILES string of the molecule is CCOCc1cn(Cc2ccc(N3CC4(CC4)C3)nc2Cl)cn1. The van der Waals surface area contributed by atoms with Gasteiger partial charge in [0, 0.05) is 36.9 Å². The molecule has 2 aromatic heterocycles. The van der Waals surface area contributed by atoms with Crippen molar-refractivity contribution in [1.29, 1.82) is 0 Å². The Bertz CT molecular complexity index is 702. The second-order valence-electron chi connectivity index (χ2n) is 6.65. The van der Waals surface area contributed by atoms with Crippen LogP contribution < -0.4 is 4.90 Å². The summed E-state index contributed by atoms with van der Waals surface area (Å²) in [5.74, 6) is 0.999. The zero-order valence-electron chi connectivity index (χ0n) is 13.3. The fourth-order valence-corrected chi connectivity index (χ4v) is 3.35. The van der Waals surface area contributed by atoms with Gasteiger partial charge in [0.25, 0.3) is 0 Å². The number of hydrogen-bond donors (Lipinski definition) is 0. The topological polar surface area (TPSA) is 43.2 Å². The summed E-state index contributed by atoms with van der Waals surface area (Å²) in [6.07, 6.45) is 6.55. The van der Waals surface area contributed by atoms with E-state index in [9.17, 15) is 0 Å². The highest BCUT2D eigenvalue weighted by Crippen LogP contribution is 2.53. The lowest BCUT2D eigenvalue weighted by molar-refractivity contribution is 0.131. The van der Waals surface area contributed by atoms with Gasteiger partial charge in [-0.3, -0.25) is 0 Å². The maximum absolute atomic E-state index is 6.39. The summed E-state index contributed by atoms with van der Waals surface area (Å²) >= 11 is 6.39. The highest BCUT2D eigenvalue weighted by molar-refractivity contribution is 6.30. The first-order valence-electron chi connectivity index (χ1n) is 8.16. The van der Waals surface area contributed by atoms with Crippen molar-refractivity contribution in [3.8, 4) is 0 Å². The van der Waals surface area contributed by atoms with Crippen LogP contribution >= 0.6 is 11.6 Å². The highest BCUT2D eigenvalue weighted by atomic mass is 35.5. The van der Waals surface area contributed by atoms with Crippen LogP contribution in [0.3, 0.4) is 0 Å². The predicted octanol–water partition coefficient (Wildman–Crippen LogP) is 3.12. The molecule has 122 valence electrons. The van der Waals surface area contributed by atoms with Crippen LogP contribution in [0.15, 0.2) is 24.7 Å². The first-order chi connectivity index (χ1) is 11.2. The van der Waals surface area contributed by atoms with Gasteiger partial charge in [-0.25, -0.2) is 9.97 Å². The van der Waals surface area contributed by atoms with Crippen LogP contribution in [-0.2, 0) is 17.9 Å². The maximum Gasteiger partial charge on any atom is 0.136 e. The predicted molar refractivity (Wildman–Crippen MR) is 89.8 cm³/mol. The van der Waals surface area contributed by atoms with E-state index in [0.717, 1.165) is 30.2 Å². The molecule has 0 unspecified atom stereocenters. The summed E-state index contributed by atoms with van der Waals surface area (Å²) in [4.78, 5) is 11.2. The molecule has 0 atom stereocenters. The van der Waals surface area contributed by atoms with Crippen molar-refractivity contribution < 1.29 is 4.74 Å². The Labute approximate surface area is 141 Å². The Morgan fingerprint density at radius 1 is 1.30 bits per heavy atom. The molecule has 5 nitrogen and oxygen atoms in total. The van der Waals surface area contributed by atoms with Crippen molar-refractivity contribution in [2.75, 3.05) is 24.6 Å². The molecule has 3 heterocycles. The lowest BCUT2D eigenvalue weighted by Gasteiger charge is -2.41. The zero-order chi connectivity index (χ0) is 15.9. The Kier molecular flexibility index (Phi) is 3.77. The quantitative estimate of drug-likeness (QED) is 0.762. The van der Waals surface area contributed by atoms with Crippen LogP contribution in [0.25, 0.3) is 0 Å². The molecule has 0 radical (unpaired) electrons. The molecule has 23 heavy (non-hydrogen) atoms. The number of hydrogen-bond acceptors (Lipinski definition) is 4. The van der Waals surface area contributed by atoms with Gasteiger partial charge in [-0.1, -0.05) is 17.7 Å². The van der Waals surface area contributed by atoms with Crippen molar-refractivity contribution >= 4 is 17.4 Å². The van der Waals surface area contributed by atoms with E-state index in [1.54, 1.807) is 0 Å². The molecular formula is C17H21ClN4O. The molecule has 1 spiro atoms. The van der Waals surface area contributed by atoms with Crippen LogP contribution in [0.1, 0.15) is 31.0 Å². The smallest absolute Gasteiger partial charge is 0.136 e. The lowest BCUT2D eigenvalue weighted by atomic mass is 9.97. The van der Waals surface area contributed by atoms with E-state index < -0.39 is 0 Å². The van der Waals surface area contributed by atoms with Crippen molar-refractivity contribution in [1.82, 2.24) is 14.5 Å². The molecule has 2 fully saturated rings. The number of halogens is 1. The molecule has 4 rings (SSSR count). The third-order valence-corrected chi connectivity index (χ3v) is 5.07. The molecule has 1 saturated carbocycles. The Hall–Kier alpha value is -1.59. The van der Waals surface area contributed by atoms with Crippen molar-refractivity contribution in [2.45, 2.75) is 32.9 Å². The Morgan fingerprint density at radius 2 is 2.13 bits per heavy atom. The molecular weight excluding hydrogens is 312 g/mol. The Morgan fingerprint density at radius 3 is 2.83 bits per heavy atom. The molecule has 1 aliphatic carbocycles. The summed E-state index contributed by atoms with van der Waals surface area (Å²) in [5, 5.41) is 0.583. The number of pyridine rings is 1. The number of anilines is 1. The average molecular weight is 333 g/mol. The average Bonchev–Trinajstić information content (AvgIpc) is 3.20. The molecule has 1 aliphatic heterocycles. The summed E-state index contributed by atoms with van der Waals surface area (Å²) in [7, 11) is 0. The van der Waals surface area contributed by atoms with E-state index in [1.165, 1.54) is 12.8 Å².